The summed E-state index contributed by atoms with van der Waals surface area (Å²) >= 11 is 1.30. The summed E-state index contributed by atoms with van der Waals surface area (Å²) in [4.78, 5) is 5.31. The molecule has 28 heavy (non-hydrogen) atoms. The molecule has 0 amide bonds. The minimum Gasteiger partial charge on any atom is -0.305 e. The lowest BCUT2D eigenvalue weighted by atomic mass is 10.2. The van der Waals surface area contributed by atoms with Crippen molar-refractivity contribution in [2.45, 2.75) is 13.8 Å². The van der Waals surface area contributed by atoms with Crippen molar-refractivity contribution >= 4 is 28.5 Å². The van der Waals surface area contributed by atoms with Gasteiger partial charge in [-0.25, -0.2) is 4.52 Å². The third-order valence-corrected chi connectivity index (χ3v) is 7.79. The van der Waals surface area contributed by atoms with E-state index < -0.39 is 7.60 Å². The SMILES string of the molecule is CCOP(=O)(OCC)c1sc2nc(-c3ccccc3)nn2c1-c1ccccc1. The lowest BCUT2D eigenvalue weighted by molar-refractivity contribution is 0.230. The molecule has 0 radical (unpaired) electrons. The number of thiazole rings is 1. The molecule has 4 rings (SSSR count). The van der Waals surface area contributed by atoms with Crippen LogP contribution >= 0.6 is 18.9 Å². The topological polar surface area (TPSA) is 65.7 Å². The summed E-state index contributed by atoms with van der Waals surface area (Å²) < 4.78 is 27.0. The van der Waals surface area contributed by atoms with Gasteiger partial charge in [-0.15, -0.1) is 5.10 Å². The molecule has 0 unspecified atom stereocenters. The zero-order valence-electron chi connectivity index (χ0n) is 15.6. The van der Waals surface area contributed by atoms with Crippen LogP contribution in [-0.2, 0) is 13.6 Å². The Labute approximate surface area is 167 Å². The third-order valence-electron chi connectivity index (χ3n) is 4.11. The maximum Gasteiger partial charge on any atom is 0.373 e. The van der Waals surface area contributed by atoms with E-state index in [9.17, 15) is 4.57 Å². The van der Waals surface area contributed by atoms with Gasteiger partial charge in [0, 0.05) is 11.1 Å². The van der Waals surface area contributed by atoms with Crippen molar-refractivity contribution in [3.8, 4) is 22.6 Å². The Morgan fingerprint density at radius 1 is 0.929 bits per heavy atom. The first-order valence-corrected chi connectivity index (χ1v) is 11.4. The fourth-order valence-corrected chi connectivity index (χ4v) is 6.27. The highest BCUT2D eigenvalue weighted by molar-refractivity contribution is 7.69. The molecule has 0 bridgehead atoms. The van der Waals surface area contributed by atoms with E-state index in [2.05, 4.69) is 4.98 Å². The lowest BCUT2D eigenvalue weighted by Crippen LogP contribution is -2.11. The average molecular weight is 413 g/mol. The van der Waals surface area contributed by atoms with E-state index in [0.717, 1.165) is 11.1 Å². The summed E-state index contributed by atoms with van der Waals surface area (Å²) in [7, 11) is -3.48. The van der Waals surface area contributed by atoms with E-state index in [1.54, 1.807) is 18.4 Å². The smallest absolute Gasteiger partial charge is 0.305 e. The van der Waals surface area contributed by atoms with Gasteiger partial charge in [-0.05, 0) is 13.8 Å². The minimum atomic E-state index is -3.48. The van der Waals surface area contributed by atoms with Crippen LogP contribution in [0, 0.1) is 0 Å². The summed E-state index contributed by atoms with van der Waals surface area (Å²) in [6, 6.07) is 19.5. The summed E-state index contributed by atoms with van der Waals surface area (Å²) in [6.07, 6.45) is 0. The minimum absolute atomic E-state index is 0.286. The molecule has 0 saturated heterocycles. The van der Waals surface area contributed by atoms with Crippen molar-refractivity contribution in [3.05, 3.63) is 60.7 Å². The van der Waals surface area contributed by atoms with Gasteiger partial charge in [0.1, 0.15) is 10.3 Å². The molecule has 0 aliphatic rings. The molecular weight excluding hydrogens is 393 g/mol. The van der Waals surface area contributed by atoms with Crippen LogP contribution < -0.4 is 4.62 Å². The second-order valence-electron chi connectivity index (χ2n) is 5.95. The Morgan fingerprint density at radius 3 is 2.07 bits per heavy atom. The number of hydrogen-bond acceptors (Lipinski definition) is 6. The number of benzene rings is 2. The first kappa shape index (κ1) is 19.0. The third kappa shape index (κ3) is 3.42. The van der Waals surface area contributed by atoms with Gasteiger partial charge in [0.15, 0.2) is 5.82 Å². The van der Waals surface area contributed by atoms with Gasteiger partial charge in [-0.2, -0.15) is 4.98 Å². The molecule has 8 heteroatoms. The Morgan fingerprint density at radius 2 is 1.50 bits per heavy atom. The van der Waals surface area contributed by atoms with Crippen LogP contribution in [-0.4, -0.2) is 27.8 Å². The molecule has 0 spiro atoms. The Hall–Kier alpha value is -2.31. The second kappa shape index (κ2) is 7.97. The maximum atomic E-state index is 13.5. The molecule has 2 aromatic heterocycles. The summed E-state index contributed by atoms with van der Waals surface area (Å²) in [5, 5.41) is 4.70. The first-order valence-electron chi connectivity index (χ1n) is 9.06. The number of hydrogen-bond donors (Lipinski definition) is 0. The van der Waals surface area contributed by atoms with Crippen LogP contribution in [0.25, 0.3) is 27.6 Å². The van der Waals surface area contributed by atoms with Gasteiger partial charge in [0.25, 0.3) is 0 Å². The van der Waals surface area contributed by atoms with Crippen molar-refractivity contribution < 1.29 is 13.6 Å². The second-order valence-corrected chi connectivity index (χ2v) is 9.19. The molecular formula is C20H20N3O3PS. The number of aromatic nitrogens is 3. The van der Waals surface area contributed by atoms with Crippen molar-refractivity contribution in [3.63, 3.8) is 0 Å². The molecule has 0 atom stereocenters. The van der Waals surface area contributed by atoms with Crippen LogP contribution in [0.4, 0.5) is 0 Å². The highest BCUT2D eigenvalue weighted by Crippen LogP contribution is 2.51. The van der Waals surface area contributed by atoms with Crippen molar-refractivity contribution in [2.24, 2.45) is 0 Å². The first-order chi connectivity index (χ1) is 13.7. The van der Waals surface area contributed by atoms with Crippen LogP contribution in [0.1, 0.15) is 13.8 Å². The van der Waals surface area contributed by atoms with E-state index in [4.69, 9.17) is 14.1 Å². The quantitative estimate of drug-likeness (QED) is 0.398. The van der Waals surface area contributed by atoms with Crippen molar-refractivity contribution in [1.82, 2.24) is 14.6 Å². The van der Waals surface area contributed by atoms with Crippen molar-refractivity contribution in [2.75, 3.05) is 13.2 Å². The lowest BCUT2D eigenvalue weighted by Gasteiger charge is -2.16. The van der Waals surface area contributed by atoms with Gasteiger partial charge in [0.2, 0.25) is 4.96 Å². The molecule has 144 valence electrons. The highest BCUT2D eigenvalue weighted by Gasteiger charge is 2.35. The van der Waals surface area contributed by atoms with E-state index in [-0.39, 0.29) is 13.2 Å². The molecule has 0 aliphatic heterocycles. The van der Waals surface area contributed by atoms with Gasteiger partial charge >= 0.3 is 7.60 Å². The average Bonchev–Trinajstić information content (AvgIpc) is 3.28. The zero-order chi connectivity index (χ0) is 19.6. The van der Waals surface area contributed by atoms with E-state index in [0.29, 0.717) is 21.1 Å². The molecule has 0 aliphatic carbocycles. The highest BCUT2D eigenvalue weighted by atomic mass is 32.1. The molecule has 2 aromatic carbocycles. The molecule has 0 fully saturated rings. The van der Waals surface area contributed by atoms with Gasteiger partial charge in [0.05, 0.1) is 13.2 Å². The van der Waals surface area contributed by atoms with Crippen LogP contribution in [0.2, 0.25) is 0 Å². The Balaban J connectivity index is 1.95. The fourth-order valence-electron chi connectivity index (χ4n) is 2.97. The molecule has 0 N–H and O–H groups in total. The van der Waals surface area contributed by atoms with E-state index in [1.165, 1.54) is 11.3 Å². The zero-order valence-corrected chi connectivity index (χ0v) is 17.3. The predicted molar refractivity (Wildman–Crippen MR) is 112 cm³/mol. The summed E-state index contributed by atoms with van der Waals surface area (Å²) in [5.41, 5.74) is 2.50. The standard InChI is InChI=1S/C20H20N3O3PS/c1-3-25-27(24,26-4-2)19-17(15-11-7-5-8-12-15)23-20(28-19)21-18(22-23)16-13-9-6-10-14-16/h5-14H,3-4H2,1-2H3. The van der Waals surface area contributed by atoms with Gasteiger partial charge in [-0.1, -0.05) is 72.0 Å². The monoisotopic (exact) mass is 413 g/mol. The van der Waals surface area contributed by atoms with Crippen molar-refractivity contribution in [1.29, 1.82) is 0 Å². The molecule has 2 heterocycles. The Kier molecular flexibility index (Phi) is 5.42. The fraction of sp³-hybridized carbons (Fsp3) is 0.200. The van der Waals surface area contributed by atoms with Crippen LogP contribution in [0.5, 0.6) is 0 Å². The maximum absolute atomic E-state index is 13.5. The van der Waals surface area contributed by atoms with Crippen LogP contribution in [0.15, 0.2) is 60.7 Å². The van der Waals surface area contributed by atoms with E-state index >= 15 is 0 Å². The molecule has 4 aromatic rings. The Bertz CT molecular complexity index is 1120. The molecule has 6 nitrogen and oxygen atoms in total. The number of nitrogens with zero attached hydrogens (tertiary/aromatic N) is 3. The predicted octanol–water partition coefficient (Wildman–Crippen LogP) is 5.02. The molecule has 0 saturated carbocycles. The van der Waals surface area contributed by atoms with Gasteiger partial charge in [-0.3, -0.25) is 4.57 Å². The number of rotatable bonds is 7. The van der Waals surface area contributed by atoms with Crippen LogP contribution in [0.3, 0.4) is 0 Å². The summed E-state index contributed by atoms with van der Waals surface area (Å²) in [5.74, 6) is 0.623. The largest absolute Gasteiger partial charge is 0.373 e. The number of fused-ring (bicyclic) bond motifs is 1. The van der Waals surface area contributed by atoms with Gasteiger partial charge < -0.3 is 9.05 Å². The normalized spacial score (nSPS) is 11.9. The van der Waals surface area contributed by atoms with E-state index in [1.807, 2.05) is 60.7 Å². The summed E-state index contributed by atoms with van der Waals surface area (Å²) in [6.45, 7) is 4.18.